The molecule has 0 amide bonds. The molecule has 0 nitrogen and oxygen atoms in total. The van der Waals surface area contributed by atoms with Gasteiger partial charge in [-0.3, -0.25) is 0 Å². The van der Waals surface area contributed by atoms with Crippen LogP contribution in [-0.4, -0.2) is 0 Å². The number of hydrogen-bond acceptors (Lipinski definition) is 0. The summed E-state index contributed by atoms with van der Waals surface area (Å²) >= 11 is 0. The molecular formula is C29H36F2. The fourth-order valence-corrected chi connectivity index (χ4v) is 5.97. The molecule has 2 fully saturated rings. The third-order valence-corrected chi connectivity index (χ3v) is 7.85. The zero-order valence-electron chi connectivity index (χ0n) is 18.8. The minimum Gasteiger partial charge on any atom is -0.204 e. The number of rotatable bonds is 6. The normalized spacial score (nSPS) is 26.9. The van der Waals surface area contributed by atoms with E-state index in [0.717, 1.165) is 23.3 Å². The van der Waals surface area contributed by atoms with Crippen LogP contribution in [0.4, 0.5) is 8.78 Å². The maximum absolute atomic E-state index is 13.3. The van der Waals surface area contributed by atoms with Gasteiger partial charge in [-0.25, -0.2) is 8.78 Å². The van der Waals surface area contributed by atoms with Crippen LogP contribution in [0.3, 0.4) is 0 Å². The molecule has 0 radical (unpaired) electrons. The van der Waals surface area contributed by atoms with Crippen molar-refractivity contribution in [1.82, 2.24) is 0 Å². The van der Waals surface area contributed by atoms with Gasteiger partial charge in [-0.2, -0.15) is 0 Å². The van der Waals surface area contributed by atoms with E-state index in [1.54, 1.807) is 6.07 Å². The Bertz CT molecular complexity index is 851. The van der Waals surface area contributed by atoms with Gasteiger partial charge in [0.25, 0.3) is 0 Å². The van der Waals surface area contributed by atoms with Gasteiger partial charge in [-0.1, -0.05) is 75.1 Å². The zero-order valence-corrected chi connectivity index (χ0v) is 18.8. The van der Waals surface area contributed by atoms with Crippen molar-refractivity contribution < 1.29 is 8.78 Å². The summed E-state index contributed by atoms with van der Waals surface area (Å²) in [5.41, 5.74) is 3.21. The van der Waals surface area contributed by atoms with Gasteiger partial charge < -0.3 is 0 Å². The number of hydrogen-bond donors (Lipinski definition) is 0. The second kappa shape index (κ2) is 10.6. The minimum atomic E-state index is -0.805. The standard InChI is InChI=1S/C29H36F2/c1-2-3-21-6-11-24(12-7-21)26-15-17-27(18-16-26)25-13-8-22(9-14-25)4-5-23-10-19-28(30)29(31)20-23/h4-5,8-10,13-14,19-21,24,26-27H,2-3,6-7,11-12,15-18H2,1H3/b5-4+/t21-,24-,26?,27?. The average Bonchev–Trinajstić information content (AvgIpc) is 2.81. The predicted octanol–water partition coefficient (Wildman–Crippen LogP) is 9.02. The molecule has 0 atom stereocenters. The molecule has 2 aliphatic carbocycles. The minimum absolute atomic E-state index is 0.671. The Morgan fingerprint density at radius 2 is 1.29 bits per heavy atom. The predicted molar refractivity (Wildman–Crippen MR) is 127 cm³/mol. The second-order valence-electron chi connectivity index (χ2n) is 9.85. The SMILES string of the molecule is CCC[C@H]1CC[C@H](C2CCC(c3ccc(/C=C/c4ccc(F)c(F)c4)cc3)CC2)CC1. The van der Waals surface area contributed by atoms with E-state index in [4.69, 9.17) is 0 Å². The molecule has 166 valence electrons. The van der Waals surface area contributed by atoms with Crippen LogP contribution in [0.15, 0.2) is 42.5 Å². The monoisotopic (exact) mass is 422 g/mol. The maximum Gasteiger partial charge on any atom is 0.159 e. The van der Waals surface area contributed by atoms with Crippen LogP contribution >= 0.6 is 0 Å². The summed E-state index contributed by atoms with van der Waals surface area (Å²) < 4.78 is 26.4. The molecule has 0 aromatic heterocycles. The lowest BCUT2D eigenvalue weighted by Gasteiger charge is -2.38. The lowest BCUT2D eigenvalue weighted by atomic mass is 9.68. The van der Waals surface area contributed by atoms with Crippen molar-refractivity contribution in [2.75, 3.05) is 0 Å². The Hall–Kier alpha value is -1.96. The lowest BCUT2D eigenvalue weighted by Crippen LogP contribution is -2.25. The molecule has 0 saturated heterocycles. The quantitative estimate of drug-likeness (QED) is 0.407. The Kier molecular flexibility index (Phi) is 7.58. The van der Waals surface area contributed by atoms with E-state index in [1.807, 2.05) is 12.2 Å². The van der Waals surface area contributed by atoms with E-state index < -0.39 is 11.6 Å². The van der Waals surface area contributed by atoms with Gasteiger partial charge in [-0.15, -0.1) is 0 Å². The summed E-state index contributed by atoms with van der Waals surface area (Å²) in [5.74, 6) is 2.03. The van der Waals surface area contributed by atoms with E-state index in [9.17, 15) is 8.78 Å². The first-order valence-corrected chi connectivity index (χ1v) is 12.4. The molecule has 2 aromatic carbocycles. The fourth-order valence-electron chi connectivity index (χ4n) is 5.97. The summed E-state index contributed by atoms with van der Waals surface area (Å²) in [6.07, 6.45) is 17.9. The molecule has 2 aliphatic rings. The van der Waals surface area contributed by atoms with E-state index in [2.05, 4.69) is 31.2 Å². The van der Waals surface area contributed by atoms with Crippen LogP contribution in [0.25, 0.3) is 12.2 Å². The van der Waals surface area contributed by atoms with Gasteiger partial charge >= 0.3 is 0 Å². The molecule has 0 aliphatic heterocycles. The highest BCUT2D eigenvalue weighted by Crippen LogP contribution is 2.44. The van der Waals surface area contributed by atoms with Crippen LogP contribution in [0, 0.1) is 29.4 Å². The molecule has 0 unspecified atom stereocenters. The molecule has 2 heteroatoms. The molecule has 0 heterocycles. The van der Waals surface area contributed by atoms with Gasteiger partial charge in [0.05, 0.1) is 0 Å². The Labute approximate surface area is 186 Å². The third kappa shape index (κ3) is 5.84. The van der Waals surface area contributed by atoms with E-state index >= 15 is 0 Å². The van der Waals surface area contributed by atoms with Gasteiger partial charge in [0, 0.05) is 0 Å². The van der Waals surface area contributed by atoms with Gasteiger partial charge in [0.2, 0.25) is 0 Å². The Morgan fingerprint density at radius 3 is 1.90 bits per heavy atom. The Morgan fingerprint density at radius 1 is 0.710 bits per heavy atom. The van der Waals surface area contributed by atoms with Crippen molar-refractivity contribution in [3.63, 3.8) is 0 Å². The second-order valence-corrected chi connectivity index (χ2v) is 9.85. The molecule has 0 spiro atoms. The van der Waals surface area contributed by atoms with E-state index in [-0.39, 0.29) is 0 Å². The van der Waals surface area contributed by atoms with E-state index in [1.165, 1.54) is 81.9 Å². The molecule has 4 rings (SSSR count). The fraction of sp³-hybridized carbons (Fsp3) is 0.517. The topological polar surface area (TPSA) is 0 Å². The summed E-state index contributed by atoms with van der Waals surface area (Å²) in [5, 5.41) is 0. The maximum atomic E-state index is 13.3. The molecule has 2 saturated carbocycles. The smallest absolute Gasteiger partial charge is 0.159 e. The highest BCUT2D eigenvalue weighted by Gasteiger charge is 2.31. The van der Waals surface area contributed by atoms with Crippen molar-refractivity contribution in [2.24, 2.45) is 17.8 Å². The van der Waals surface area contributed by atoms with Crippen LogP contribution in [-0.2, 0) is 0 Å². The van der Waals surface area contributed by atoms with Gasteiger partial charge in [0.1, 0.15) is 0 Å². The highest BCUT2D eigenvalue weighted by atomic mass is 19.2. The van der Waals surface area contributed by atoms with E-state index in [0.29, 0.717) is 11.5 Å². The van der Waals surface area contributed by atoms with Crippen LogP contribution in [0.1, 0.15) is 93.7 Å². The largest absolute Gasteiger partial charge is 0.204 e. The Balaban J connectivity index is 1.27. The molecule has 0 bridgehead atoms. The lowest BCUT2D eigenvalue weighted by molar-refractivity contribution is 0.156. The van der Waals surface area contributed by atoms with Crippen molar-refractivity contribution in [2.45, 2.75) is 77.0 Å². The number of benzene rings is 2. The molecular weight excluding hydrogens is 386 g/mol. The highest BCUT2D eigenvalue weighted by molar-refractivity contribution is 5.69. The van der Waals surface area contributed by atoms with Crippen LogP contribution in [0.2, 0.25) is 0 Å². The molecule has 0 N–H and O–H groups in total. The van der Waals surface area contributed by atoms with Crippen molar-refractivity contribution in [1.29, 1.82) is 0 Å². The first kappa shape index (κ1) is 22.2. The third-order valence-electron chi connectivity index (χ3n) is 7.85. The van der Waals surface area contributed by atoms with Gasteiger partial charge in [0.15, 0.2) is 11.6 Å². The summed E-state index contributed by atoms with van der Waals surface area (Å²) in [4.78, 5) is 0. The first-order valence-electron chi connectivity index (χ1n) is 12.4. The summed E-state index contributed by atoms with van der Waals surface area (Å²) in [6.45, 7) is 2.32. The van der Waals surface area contributed by atoms with Crippen LogP contribution < -0.4 is 0 Å². The van der Waals surface area contributed by atoms with Crippen molar-refractivity contribution in [3.05, 3.63) is 70.8 Å². The van der Waals surface area contributed by atoms with Gasteiger partial charge in [-0.05, 0) is 91.0 Å². The zero-order chi connectivity index (χ0) is 21.6. The first-order chi connectivity index (χ1) is 15.1. The summed E-state index contributed by atoms with van der Waals surface area (Å²) in [6, 6.07) is 12.8. The van der Waals surface area contributed by atoms with Crippen LogP contribution in [0.5, 0.6) is 0 Å². The molecule has 2 aromatic rings. The average molecular weight is 423 g/mol. The van der Waals surface area contributed by atoms with Crippen molar-refractivity contribution >= 4 is 12.2 Å². The number of halogens is 2. The van der Waals surface area contributed by atoms with Crippen molar-refractivity contribution in [3.8, 4) is 0 Å². The summed E-state index contributed by atoms with van der Waals surface area (Å²) in [7, 11) is 0. The molecule has 31 heavy (non-hydrogen) atoms.